The van der Waals surface area contributed by atoms with E-state index in [1.807, 2.05) is 4.72 Å². The molecule has 1 aromatic carbocycles. The van der Waals surface area contributed by atoms with Crippen LogP contribution >= 0.6 is 0 Å². The van der Waals surface area contributed by atoms with Crippen LogP contribution in [0.15, 0.2) is 29.2 Å². The van der Waals surface area contributed by atoms with Gasteiger partial charge in [0.15, 0.2) is 11.9 Å². The quantitative estimate of drug-likeness (QED) is 0.613. The lowest BCUT2D eigenvalue weighted by molar-refractivity contribution is -0.146. The molecule has 0 amide bonds. The number of hydrogen-bond donors (Lipinski definition) is 3. The summed E-state index contributed by atoms with van der Waals surface area (Å²) in [5.41, 5.74) is 0.224. The Bertz CT molecular complexity index is 595. The van der Waals surface area contributed by atoms with Crippen LogP contribution in [-0.2, 0) is 14.8 Å². The van der Waals surface area contributed by atoms with Gasteiger partial charge < -0.3 is 10.2 Å². The third-order valence-electron chi connectivity index (χ3n) is 2.30. The molecule has 0 spiro atoms. The van der Waals surface area contributed by atoms with Crippen molar-refractivity contribution < 1.29 is 28.2 Å². The first kappa shape index (κ1) is 15.3. The van der Waals surface area contributed by atoms with Crippen molar-refractivity contribution in [2.75, 3.05) is 6.54 Å². The Morgan fingerprint density at radius 3 is 2.53 bits per heavy atom. The highest BCUT2D eigenvalue weighted by atomic mass is 32.2. The van der Waals surface area contributed by atoms with Gasteiger partial charge in [0.25, 0.3) is 0 Å². The van der Waals surface area contributed by atoms with Gasteiger partial charge in [-0.3, -0.25) is 4.79 Å². The van der Waals surface area contributed by atoms with E-state index < -0.39 is 28.6 Å². The number of hydrogen-bond acceptors (Lipinski definition) is 5. The van der Waals surface area contributed by atoms with Crippen molar-refractivity contribution in [1.29, 1.82) is 0 Å². The molecule has 7 nitrogen and oxygen atoms in total. The average Bonchev–Trinajstić information content (AvgIpc) is 2.36. The van der Waals surface area contributed by atoms with Crippen molar-refractivity contribution in [3.05, 3.63) is 29.8 Å². The molecule has 0 fully saturated rings. The number of Topliss-reactive ketones (excluding diaryl/α,β-unsaturated/α-hetero) is 1. The van der Waals surface area contributed by atoms with Crippen LogP contribution in [0, 0.1) is 0 Å². The first-order valence-corrected chi connectivity index (χ1v) is 6.74. The third-order valence-corrected chi connectivity index (χ3v) is 3.72. The van der Waals surface area contributed by atoms with E-state index in [0.717, 1.165) is 0 Å². The minimum atomic E-state index is -3.97. The van der Waals surface area contributed by atoms with E-state index >= 15 is 0 Å². The molecule has 0 aliphatic heterocycles. The van der Waals surface area contributed by atoms with Gasteiger partial charge in [0.1, 0.15) is 0 Å². The lowest BCUT2D eigenvalue weighted by Crippen LogP contribution is -2.36. The summed E-state index contributed by atoms with van der Waals surface area (Å²) in [5.74, 6) is -1.82. The van der Waals surface area contributed by atoms with Crippen LogP contribution in [0.4, 0.5) is 0 Å². The monoisotopic (exact) mass is 287 g/mol. The SMILES string of the molecule is CC(=O)c1cccc(S(=O)(=O)NC[C@H](O)C(=O)O)c1. The fraction of sp³-hybridized carbons (Fsp3) is 0.273. The van der Waals surface area contributed by atoms with Crippen LogP contribution in [0.25, 0.3) is 0 Å². The smallest absolute Gasteiger partial charge is 0.333 e. The number of carbonyl (C=O) groups excluding carboxylic acids is 1. The van der Waals surface area contributed by atoms with Crippen molar-refractivity contribution in [2.24, 2.45) is 0 Å². The van der Waals surface area contributed by atoms with Crippen LogP contribution in [-0.4, -0.2) is 43.0 Å². The zero-order valence-electron chi connectivity index (χ0n) is 10.0. The molecule has 0 aromatic heterocycles. The zero-order valence-corrected chi connectivity index (χ0v) is 10.8. The number of rotatable bonds is 6. The maximum absolute atomic E-state index is 11.8. The second-order valence-electron chi connectivity index (χ2n) is 3.79. The summed E-state index contributed by atoms with van der Waals surface area (Å²) in [5, 5.41) is 17.4. The number of benzene rings is 1. The molecule has 104 valence electrons. The molecule has 1 rings (SSSR count). The summed E-state index contributed by atoms with van der Waals surface area (Å²) in [6, 6.07) is 5.31. The topological polar surface area (TPSA) is 121 Å². The molecule has 0 unspecified atom stereocenters. The average molecular weight is 287 g/mol. The van der Waals surface area contributed by atoms with Crippen molar-refractivity contribution in [3.8, 4) is 0 Å². The van der Waals surface area contributed by atoms with E-state index in [-0.39, 0.29) is 16.2 Å². The highest BCUT2D eigenvalue weighted by molar-refractivity contribution is 7.89. The molecule has 19 heavy (non-hydrogen) atoms. The van der Waals surface area contributed by atoms with E-state index in [1.54, 1.807) is 0 Å². The van der Waals surface area contributed by atoms with Gasteiger partial charge in [-0.25, -0.2) is 17.9 Å². The number of carboxylic acid groups (broad SMARTS) is 1. The van der Waals surface area contributed by atoms with Crippen LogP contribution in [0.1, 0.15) is 17.3 Å². The molecule has 0 saturated heterocycles. The molecule has 0 saturated carbocycles. The summed E-state index contributed by atoms with van der Waals surface area (Å²) in [6.45, 7) is 0.648. The Balaban J connectivity index is 2.91. The van der Waals surface area contributed by atoms with Crippen LogP contribution in [0.2, 0.25) is 0 Å². The molecule has 0 heterocycles. The molecule has 1 aromatic rings. The van der Waals surface area contributed by atoms with Crippen molar-refractivity contribution in [2.45, 2.75) is 17.9 Å². The van der Waals surface area contributed by atoms with Gasteiger partial charge in [-0.15, -0.1) is 0 Å². The summed E-state index contributed by atoms with van der Waals surface area (Å²) in [6.07, 6.45) is -1.83. The first-order valence-electron chi connectivity index (χ1n) is 5.25. The minimum Gasteiger partial charge on any atom is -0.479 e. The maximum atomic E-state index is 11.8. The fourth-order valence-corrected chi connectivity index (χ4v) is 2.33. The molecular weight excluding hydrogens is 274 g/mol. The Morgan fingerprint density at radius 1 is 1.37 bits per heavy atom. The number of aliphatic hydroxyl groups is 1. The van der Waals surface area contributed by atoms with E-state index in [2.05, 4.69) is 0 Å². The van der Waals surface area contributed by atoms with Crippen molar-refractivity contribution >= 4 is 21.8 Å². The lowest BCUT2D eigenvalue weighted by Gasteiger charge is -2.09. The normalized spacial score (nSPS) is 12.9. The van der Waals surface area contributed by atoms with Gasteiger partial charge in [0.05, 0.1) is 4.90 Å². The Morgan fingerprint density at radius 2 is 2.00 bits per heavy atom. The second-order valence-corrected chi connectivity index (χ2v) is 5.56. The molecule has 3 N–H and O–H groups in total. The highest BCUT2D eigenvalue weighted by Crippen LogP contribution is 2.11. The predicted molar refractivity (Wildman–Crippen MR) is 65.3 cm³/mol. The summed E-state index contributed by atoms with van der Waals surface area (Å²) in [7, 11) is -3.97. The number of sulfonamides is 1. The van der Waals surface area contributed by atoms with Gasteiger partial charge in [-0.05, 0) is 19.1 Å². The molecule has 0 aliphatic rings. The number of carboxylic acids is 1. The van der Waals surface area contributed by atoms with E-state index in [0.29, 0.717) is 0 Å². The minimum absolute atomic E-state index is 0.169. The molecule has 1 atom stereocenters. The third kappa shape index (κ3) is 4.12. The van der Waals surface area contributed by atoms with Crippen molar-refractivity contribution in [3.63, 3.8) is 0 Å². The summed E-state index contributed by atoms with van der Waals surface area (Å²) in [4.78, 5) is 21.3. The predicted octanol–water partition coefficient (Wildman–Crippen LogP) is -0.387. The number of ketones is 1. The molecule has 0 aliphatic carbocycles. The highest BCUT2D eigenvalue weighted by Gasteiger charge is 2.19. The van der Waals surface area contributed by atoms with E-state index in [9.17, 15) is 18.0 Å². The van der Waals surface area contributed by atoms with E-state index in [4.69, 9.17) is 10.2 Å². The van der Waals surface area contributed by atoms with Gasteiger partial charge in [-0.2, -0.15) is 0 Å². The van der Waals surface area contributed by atoms with E-state index in [1.165, 1.54) is 31.2 Å². The second kappa shape index (κ2) is 5.91. The number of carbonyl (C=O) groups is 2. The zero-order chi connectivity index (χ0) is 14.6. The molecule has 0 bridgehead atoms. The Hall–Kier alpha value is -1.77. The van der Waals surface area contributed by atoms with Crippen molar-refractivity contribution in [1.82, 2.24) is 4.72 Å². The molecule has 8 heteroatoms. The summed E-state index contributed by atoms with van der Waals surface area (Å²) < 4.78 is 25.6. The Kier molecular flexibility index (Phi) is 4.76. The lowest BCUT2D eigenvalue weighted by atomic mass is 10.2. The standard InChI is InChI=1S/C11H13NO6S/c1-7(13)8-3-2-4-9(5-8)19(17,18)12-6-10(14)11(15)16/h2-5,10,12,14H,6H2,1H3,(H,15,16)/t10-/m0/s1. The number of nitrogens with one attached hydrogen (secondary N) is 1. The van der Waals surface area contributed by atoms with Gasteiger partial charge in [0, 0.05) is 12.1 Å². The number of aliphatic carboxylic acids is 1. The van der Waals surface area contributed by atoms with Crippen LogP contribution in [0.5, 0.6) is 0 Å². The maximum Gasteiger partial charge on any atom is 0.333 e. The molecular formula is C11H13NO6S. The largest absolute Gasteiger partial charge is 0.479 e. The summed E-state index contributed by atoms with van der Waals surface area (Å²) >= 11 is 0. The molecule has 0 radical (unpaired) electrons. The number of aliphatic hydroxyl groups excluding tert-OH is 1. The van der Waals surface area contributed by atoms with Gasteiger partial charge in [-0.1, -0.05) is 12.1 Å². The Labute approximate surface area is 109 Å². The fourth-order valence-electron chi connectivity index (χ4n) is 1.24. The van der Waals surface area contributed by atoms with Crippen LogP contribution in [0.3, 0.4) is 0 Å². The van der Waals surface area contributed by atoms with Crippen LogP contribution < -0.4 is 4.72 Å². The van der Waals surface area contributed by atoms with Gasteiger partial charge in [0.2, 0.25) is 10.0 Å². The first-order chi connectivity index (χ1) is 8.74. The van der Waals surface area contributed by atoms with Gasteiger partial charge >= 0.3 is 5.97 Å².